The molecule has 2 atom stereocenters. The van der Waals surface area contributed by atoms with Crippen molar-refractivity contribution in [1.82, 2.24) is 14.9 Å². The molecule has 1 aromatic carbocycles. The van der Waals surface area contributed by atoms with Crippen molar-refractivity contribution < 1.29 is 9.90 Å². The fraction of sp³-hybridized carbons (Fsp3) is 0.455. The molecular weight excluding hydrogens is 402 g/mol. The second-order valence-corrected chi connectivity index (χ2v) is 9.06. The molecule has 30 heavy (non-hydrogen) atoms. The first kappa shape index (κ1) is 21.8. The van der Waals surface area contributed by atoms with E-state index in [0.717, 1.165) is 18.4 Å². The minimum Gasteiger partial charge on any atom is -0.465 e. The molecule has 0 spiro atoms. The molecule has 1 fully saturated rings. The molecule has 1 aliphatic heterocycles. The summed E-state index contributed by atoms with van der Waals surface area (Å²) in [4.78, 5) is 22.2. The summed E-state index contributed by atoms with van der Waals surface area (Å²) in [5.74, 6) is 0.589. The van der Waals surface area contributed by atoms with Gasteiger partial charge in [-0.05, 0) is 36.3 Å². The normalized spacial score (nSPS) is 19.2. The monoisotopic (exact) mass is 427 g/mol. The van der Waals surface area contributed by atoms with E-state index in [1.807, 2.05) is 0 Å². The smallest absolute Gasteiger partial charge is 0.407 e. The van der Waals surface area contributed by atoms with E-state index in [-0.39, 0.29) is 17.4 Å². The van der Waals surface area contributed by atoms with Crippen LogP contribution in [-0.4, -0.2) is 45.2 Å². The Morgan fingerprint density at radius 1 is 1.37 bits per heavy atom. The van der Waals surface area contributed by atoms with Gasteiger partial charge in [0.25, 0.3) is 0 Å². The number of hydrogen-bond donors (Lipinski definition) is 2. The van der Waals surface area contributed by atoms with Crippen LogP contribution in [0.4, 0.5) is 10.7 Å². The van der Waals surface area contributed by atoms with Crippen molar-refractivity contribution in [2.75, 3.05) is 18.4 Å². The summed E-state index contributed by atoms with van der Waals surface area (Å²) < 4.78 is 0. The summed E-state index contributed by atoms with van der Waals surface area (Å²) in [5, 5.41) is 22.3. The third-order valence-corrected chi connectivity index (χ3v) is 5.72. The molecule has 0 saturated carbocycles. The summed E-state index contributed by atoms with van der Waals surface area (Å²) >= 11 is 6.30. The van der Waals surface area contributed by atoms with Crippen LogP contribution in [0.5, 0.6) is 0 Å². The molecule has 2 unspecified atom stereocenters. The summed E-state index contributed by atoms with van der Waals surface area (Å²) in [6.45, 7) is 7.36. The number of rotatable bonds is 4. The van der Waals surface area contributed by atoms with Gasteiger partial charge in [-0.15, -0.1) is 0 Å². The molecule has 3 rings (SSSR count). The van der Waals surface area contributed by atoms with Crippen molar-refractivity contribution in [1.29, 1.82) is 5.26 Å². The molecule has 1 aromatic heterocycles. The van der Waals surface area contributed by atoms with Crippen molar-refractivity contribution >= 4 is 23.6 Å². The second kappa shape index (κ2) is 8.88. The van der Waals surface area contributed by atoms with Gasteiger partial charge in [-0.2, -0.15) is 5.26 Å². The lowest BCUT2D eigenvalue weighted by Gasteiger charge is -2.46. The van der Waals surface area contributed by atoms with Crippen LogP contribution in [0, 0.1) is 22.7 Å². The van der Waals surface area contributed by atoms with E-state index in [2.05, 4.69) is 42.1 Å². The van der Waals surface area contributed by atoms with Gasteiger partial charge in [0, 0.05) is 24.7 Å². The van der Waals surface area contributed by atoms with Gasteiger partial charge in [0.05, 0.1) is 28.5 Å². The fourth-order valence-electron chi connectivity index (χ4n) is 4.26. The SMILES string of the molecule is CC(C)(C)C1C(CNc2ncc(Cl)c(-c3ccc(C#N)cc3)n2)CCCN1C(=O)O. The van der Waals surface area contributed by atoms with Gasteiger partial charge in [-0.1, -0.05) is 44.5 Å². The zero-order valence-corrected chi connectivity index (χ0v) is 18.1. The zero-order valence-electron chi connectivity index (χ0n) is 17.4. The molecule has 8 heteroatoms. The van der Waals surface area contributed by atoms with Gasteiger partial charge in [0.15, 0.2) is 0 Å². The van der Waals surface area contributed by atoms with Gasteiger partial charge >= 0.3 is 6.09 Å². The van der Waals surface area contributed by atoms with E-state index in [9.17, 15) is 9.90 Å². The van der Waals surface area contributed by atoms with E-state index in [1.54, 1.807) is 35.4 Å². The highest BCUT2D eigenvalue weighted by Gasteiger charge is 2.41. The van der Waals surface area contributed by atoms with Crippen LogP contribution in [0.3, 0.4) is 0 Å². The van der Waals surface area contributed by atoms with Crippen LogP contribution >= 0.6 is 11.6 Å². The van der Waals surface area contributed by atoms with Crippen LogP contribution < -0.4 is 5.32 Å². The van der Waals surface area contributed by atoms with Crippen LogP contribution in [0.2, 0.25) is 5.02 Å². The molecule has 1 aliphatic rings. The first-order valence-corrected chi connectivity index (χ1v) is 10.3. The van der Waals surface area contributed by atoms with Crippen molar-refractivity contribution in [3.05, 3.63) is 41.0 Å². The highest BCUT2D eigenvalue weighted by Crippen LogP contribution is 2.36. The Kier molecular flexibility index (Phi) is 6.47. The van der Waals surface area contributed by atoms with Crippen LogP contribution in [0.15, 0.2) is 30.5 Å². The third-order valence-electron chi connectivity index (χ3n) is 5.44. The Bertz CT molecular complexity index is 949. The number of benzene rings is 1. The van der Waals surface area contributed by atoms with Gasteiger partial charge in [-0.3, -0.25) is 0 Å². The number of nitrogens with one attached hydrogen (secondary N) is 1. The number of piperidine rings is 1. The number of anilines is 1. The number of carbonyl (C=O) groups is 1. The van der Waals surface area contributed by atoms with E-state index < -0.39 is 6.09 Å². The number of aromatic nitrogens is 2. The number of likely N-dealkylation sites (tertiary alicyclic amines) is 1. The molecule has 158 valence electrons. The maximum Gasteiger partial charge on any atom is 0.407 e. The maximum atomic E-state index is 11.8. The largest absolute Gasteiger partial charge is 0.465 e. The number of amides is 1. The number of hydrogen-bond acceptors (Lipinski definition) is 5. The van der Waals surface area contributed by atoms with Crippen molar-refractivity contribution in [3.63, 3.8) is 0 Å². The average molecular weight is 428 g/mol. The molecule has 0 radical (unpaired) electrons. The first-order valence-electron chi connectivity index (χ1n) is 9.97. The van der Waals surface area contributed by atoms with Crippen LogP contribution in [0.1, 0.15) is 39.2 Å². The van der Waals surface area contributed by atoms with E-state index in [4.69, 9.17) is 16.9 Å². The van der Waals surface area contributed by atoms with Crippen LogP contribution in [-0.2, 0) is 0 Å². The quantitative estimate of drug-likeness (QED) is 0.720. The zero-order chi connectivity index (χ0) is 21.9. The molecule has 2 aromatic rings. The van der Waals surface area contributed by atoms with E-state index >= 15 is 0 Å². The predicted molar refractivity (Wildman–Crippen MR) is 116 cm³/mol. The maximum absolute atomic E-state index is 11.8. The molecule has 7 nitrogen and oxygen atoms in total. The summed E-state index contributed by atoms with van der Waals surface area (Å²) in [5.41, 5.74) is 1.77. The molecule has 1 saturated heterocycles. The van der Waals surface area contributed by atoms with Crippen LogP contribution in [0.25, 0.3) is 11.3 Å². The molecule has 2 N–H and O–H groups in total. The average Bonchev–Trinajstić information content (AvgIpc) is 2.72. The molecular formula is C22H26ClN5O2. The standard InChI is InChI=1S/C22H26ClN5O2/c1-22(2,3)19-16(5-4-10-28(19)21(29)30)12-25-20-26-13-17(23)18(27-20)15-8-6-14(11-24)7-9-15/h6-9,13,16,19H,4-5,10,12H2,1-3H3,(H,29,30)(H,25,26,27). The van der Waals surface area contributed by atoms with Gasteiger partial charge < -0.3 is 15.3 Å². The van der Waals surface area contributed by atoms with E-state index in [0.29, 0.717) is 35.3 Å². The van der Waals surface area contributed by atoms with Crippen molar-refractivity contribution in [2.24, 2.45) is 11.3 Å². The minimum atomic E-state index is -0.870. The summed E-state index contributed by atoms with van der Waals surface area (Å²) in [7, 11) is 0. The lowest BCUT2D eigenvalue weighted by molar-refractivity contribution is 0.0270. The van der Waals surface area contributed by atoms with Gasteiger partial charge in [0.1, 0.15) is 0 Å². The summed E-state index contributed by atoms with van der Waals surface area (Å²) in [6.07, 6.45) is 2.46. The number of nitriles is 1. The van der Waals surface area contributed by atoms with Crippen molar-refractivity contribution in [2.45, 2.75) is 39.7 Å². The Morgan fingerprint density at radius 3 is 2.67 bits per heavy atom. The first-order chi connectivity index (χ1) is 14.2. The Balaban J connectivity index is 1.79. The number of carboxylic acid groups (broad SMARTS) is 1. The van der Waals surface area contributed by atoms with Gasteiger partial charge in [0.2, 0.25) is 5.95 Å². The number of nitrogens with zero attached hydrogens (tertiary/aromatic N) is 4. The lowest BCUT2D eigenvalue weighted by atomic mass is 9.74. The topological polar surface area (TPSA) is 102 Å². The Morgan fingerprint density at radius 2 is 2.07 bits per heavy atom. The minimum absolute atomic E-state index is 0.0958. The third kappa shape index (κ3) is 4.82. The second-order valence-electron chi connectivity index (χ2n) is 8.65. The predicted octanol–water partition coefficient (Wildman–Crippen LogP) is 4.89. The molecule has 0 bridgehead atoms. The molecule has 2 heterocycles. The highest BCUT2D eigenvalue weighted by atomic mass is 35.5. The Hall–Kier alpha value is -2.85. The highest BCUT2D eigenvalue weighted by molar-refractivity contribution is 6.32. The number of halogens is 1. The van der Waals surface area contributed by atoms with E-state index in [1.165, 1.54) is 0 Å². The lowest BCUT2D eigenvalue weighted by Crippen LogP contribution is -2.55. The van der Waals surface area contributed by atoms with Gasteiger partial charge in [-0.25, -0.2) is 14.8 Å². The molecule has 0 aliphatic carbocycles. The Labute approximate surface area is 181 Å². The fourth-order valence-corrected chi connectivity index (χ4v) is 4.46. The molecule has 1 amide bonds. The van der Waals surface area contributed by atoms with Crippen molar-refractivity contribution in [3.8, 4) is 17.3 Å². The summed E-state index contributed by atoms with van der Waals surface area (Å²) in [6, 6.07) is 9.04.